The van der Waals surface area contributed by atoms with Crippen molar-refractivity contribution in [3.63, 3.8) is 0 Å². The van der Waals surface area contributed by atoms with Crippen LogP contribution < -0.4 is 16.4 Å². The zero-order valence-corrected chi connectivity index (χ0v) is 12.0. The fourth-order valence-electron chi connectivity index (χ4n) is 2.41. The van der Waals surface area contributed by atoms with E-state index in [4.69, 9.17) is 35.3 Å². The number of benzene rings is 1. The topological polar surface area (TPSA) is 72.4 Å². The maximum atomic E-state index is 11.5. The molecule has 1 saturated heterocycles. The van der Waals surface area contributed by atoms with E-state index in [0.29, 0.717) is 10.0 Å². The van der Waals surface area contributed by atoms with Gasteiger partial charge in [-0.15, -0.1) is 0 Å². The van der Waals surface area contributed by atoms with E-state index in [1.54, 1.807) is 6.07 Å². The molecule has 1 aliphatic rings. The van der Waals surface area contributed by atoms with Crippen LogP contribution in [0.25, 0.3) is 0 Å². The number of thiocarbonyl (C=S) groups is 1. The molecule has 0 saturated carbocycles. The summed E-state index contributed by atoms with van der Waals surface area (Å²) < 4.78 is 0. The molecular weight excluding hydrogens is 282 g/mol. The van der Waals surface area contributed by atoms with E-state index in [9.17, 15) is 4.79 Å². The molecule has 0 aliphatic carbocycles. The number of hydrogen-bond acceptors (Lipinski definition) is 3. The Balaban J connectivity index is 2.34. The second-order valence-corrected chi connectivity index (χ2v) is 5.48. The Hall–Kier alpha value is -1.33. The van der Waals surface area contributed by atoms with Gasteiger partial charge in [0.1, 0.15) is 11.0 Å². The molecule has 2 rings (SSSR count). The van der Waals surface area contributed by atoms with Crippen LogP contribution >= 0.6 is 23.8 Å². The van der Waals surface area contributed by atoms with Gasteiger partial charge >= 0.3 is 0 Å². The molecule has 1 atom stereocenters. The molecule has 4 nitrogen and oxygen atoms in total. The zero-order chi connectivity index (χ0) is 14.0. The van der Waals surface area contributed by atoms with Crippen LogP contribution in [-0.2, 0) is 4.79 Å². The summed E-state index contributed by atoms with van der Waals surface area (Å²) in [5, 5.41) is 0.540. The Kier molecular flexibility index (Phi) is 4.27. The fraction of sp³-hybridized carbons (Fsp3) is 0.385. The molecule has 1 fully saturated rings. The van der Waals surface area contributed by atoms with Gasteiger partial charge in [-0.1, -0.05) is 23.8 Å². The molecule has 6 heteroatoms. The van der Waals surface area contributed by atoms with Gasteiger partial charge < -0.3 is 16.4 Å². The van der Waals surface area contributed by atoms with Crippen molar-refractivity contribution >= 4 is 40.4 Å². The first kappa shape index (κ1) is 14.1. The summed E-state index contributed by atoms with van der Waals surface area (Å²) in [6, 6.07) is 5.10. The van der Waals surface area contributed by atoms with Gasteiger partial charge in [-0.3, -0.25) is 4.79 Å². The van der Waals surface area contributed by atoms with Crippen molar-refractivity contribution in [1.29, 1.82) is 0 Å². The lowest BCUT2D eigenvalue weighted by Crippen LogP contribution is -2.48. The van der Waals surface area contributed by atoms with Crippen LogP contribution in [0.5, 0.6) is 0 Å². The minimum absolute atomic E-state index is 0.290. The van der Waals surface area contributed by atoms with Gasteiger partial charge in [-0.2, -0.15) is 0 Å². The second kappa shape index (κ2) is 5.75. The smallest absolute Gasteiger partial charge is 0.240 e. The Labute approximate surface area is 122 Å². The molecule has 0 radical (unpaired) electrons. The Morgan fingerprint density at radius 1 is 1.37 bits per heavy atom. The predicted octanol–water partition coefficient (Wildman–Crippen LogP) is 1.82. The molecule has 19 heavy (non-hydrogen) atoms. The molecule has 1 amide bonds. The van der Waals surface area contributed by atoms with E-state index in [0.717, 1.165) is 37.1 Å². The molecule has 1 aromatic rings. The number of carbonyl (C=O) groups excluding carboxylic acids is 1. The van der Waals surface area contributed by atoms with E-state index >= 15 is 0 Å². The first-order valence-electron chi connectivity index (χ1n) is 6.16. The molecule has 1 aromatic carbocycles. The zero-order valence-electron chi connectivity index (χ0n) is 10.4. The number of amides is 1. The first-order chi connectivity index (χ1) is 9.00. The van der Waals surface area contributed by atoms with Crippen LogP contribution in [-0.4, -0.2) is 23.5 Å². The van der Waals surface area contributed by atoms with Crippen molar-refractivity contribution in [3.05, 3.63) is 28.8 Å². The molecular formula is C13H16ClN3OS. The minimum Gasteiger partial charge on any atom is -0.389 e. The number of carbonyl (C=O) groups is 1. The summed E-state index contributed by atoms with van der Waals surface area (Å²) in [6.45, 7) is 0.778. The van der Waals surface area contributed by atoms with Gasteiger partial charge in [0.05, 0.1) is 10.7 Å². The molecule has 1 unspecified atom stereocenters. The molecule has 1 aliphatic heterocycles. The average molecular weight is 298 g/mol. The highest BCUT2D eigenvalue weighted by molar-refractivity contribution is 7.80. The minimum atomic E-state index is -0.311. The normalized spacial score (nSPS) is 19.2. The summed E-state index contributed by atoms with van der Waals surface area (Å²) in [6.07, 6.45) is 2.80. The van der Waals surface area contributed by atoms with Crippen LogP contribution in [0.2, 0.25) is 5.02 Å². The van der Waals surface area contributed by atoms with E-state index < -0.39 is 0 Å². The van der Waals surface area contributed by atoms with Gasteiger partial charge in [0.2, 0.25) is 5.91 Å². The van der Waals surface area contributed by atoms with E-state index in [-0.39, 0.29) is 11.9 Å². The van der Waals surface area contributed by atoms with Crippen molar-refractivity contribution in [2.45, 2.75) is 25.3 Å². The van der Waals surface area contributed by atoms with Crippen molar-refractivity contribution < 1.29 is 4.79 Å². The summed E-state index contributed by atoms with van der Waals surface area (Å²) in [5.74, 6) is -0.311. The van der Waals surface area contributed by atoms with Gasteiger partial charge in [-0.05, 0) is 37.5 Å². The highest BCUT2D eigenvalue weighted by Crippen LogP contribution is 2.31. The molecule has 4 N–H and O–H groups in total. The number of piperidine rings is 1. The van der Waals surface area contributed by atoms with Crippen molar-refractivity contribution in [2.24, 2.45) is 11.5 Å². The standard InChI is InChI=1S/C13H16ClN3OS/c14-9-7-8(13(16)19)4-5-10(9)17-6-2-1-3-11(17)12(15)18/h4-5,7,11H,1-3,6H2,(H2,15,18)(H2,16,19). The fourth-order valence-corrected chi connectivity index (χ4v) is 2.82. The van der Waals surface area contributed by atoms with Crippen molar-refractivity contribution in [3.8, 4) is 0 Å². The second-order valence-electron chi connectivity index (χ2n) is 4.64. The number of hydrogen-bond donors (Lipinski definition) is 2. The number of nitrogens with zero attached hydrogens (tertiary/aromatic N) is 1. The molecule has 0 spiro atoms. The van der Waals surface area contributed by atoms with Crippen LogP contribution in [0.4, 0.5) is 5.69 Å². The van der Waals surface area contributed by atoms with Crippen molar-refractivity contribution in [1.82, 2.24) is 0 Å². The summed E-state index contributed by atoms with van der Waals surface area (Å²) >= 11 is 11.2. The van der Waals surface area contributed by atoms with E-state index in [2.05, 4.69) is 0 Å². The van der Waals surface area contributed by atoms with Gasteiger partial charge in [-0.25, -0.2) is 0 Å². The third kappa shape index (κ3) is 2.98. The van der Waals surface area contributed by atoms with Gasteiger partial charge in [0, 0.05) is 12.1 Å². The largest absolute Gasteiger partial charge is 0.389 e. The number of anilines is 1. The summed E-state index contributed by atoms with van der Waals surface area (Å²) in [4.78, 5) is 13.8. The molecule has 0 bridgehead atoms. The first-order valence-corrected chi connectivity index (χ1v) is 6.94. The Bertz CT molecular complexity index is 521. The maximum Gasteiger partial charge on any atom is 0.240 e. The lowest BCUT2D eigenvalue weighted by Gasteiger charge is -2.36. The lowest BCUT2D eigenvalue weighted by atomic mass is 10.0. The van der Waals surface area contributed by atoms with Crippen LogP contribution in [0, 0.1) is 0 Å². The molecule has 102 valence electrons. The van der Waals surface area contributed by atoms with E-state index in [1.165, 1.54) is 0 Å². The van der Waals surface area contributed by atoms with Gasteiger partial charge in [0.15, 0.2) is 0 Å². The SMILES string of the molecule is NC(=O)C1CCCCN1c1ccc(C(N)=S)cc1Cl. The maximum absolute atomic E-state index is 11.5. The van der Waals surface area contributed by atoms with Crippen LogP contribution in [0.15, 0.2) is 18.2 Å². The predicted molar refractivity (Wildman–Crippen MR) is 81.5 cm³/mol. The molecule has 1 heterocycles. The Morgan fingerprint density at radius 3 is 2.68 bits per heavy atom. The monoisotopic (exact) mass is 297 g/mol. The third-order valence-electron chi connectivity index (χ3n) is 3.37. The number of primary amides is 1. The summed E-state index contributed by atoms with van der Waals surface area (Å²) in [5.41, 5.74) is 12.6. The molecule has 0 aromatic heterocycles. The van der Waals surface area contributed by atoms with Crippen LogP contribution in [0.1, 0.15) is 24.8 Å². The number of nitrogens with two attached hydrogens (primary N) is 2. The van der Waals surface area contributed by atoms with Gasteiger partial charge in [0.25, 0.3) is 0 Å². The summed E-state index contributed by atoms with van der Waals surface area (Å²) in [7, 11) is 0. The third-order valence-corrected chi connectivity index (χ3v) is 3.91. The number of halogens is 1. The Morgan fingerprint density at radius 2 is 2.11 bits per heavy atom. The lowest BCUT2D eigenvalue weighted by molar-refractivity contribution is -0.119. The highest BCUT2D eigenvalue weighted by atomic mass is 35.5. The quantitative estimate of drug-likeness (QED) is 0.835. The van der Waals surface area contributed by atoms with Crippen LogP contribution in [0.3, 0.4) is 0 Å². The highest BCUT2D eigenvalue weighted by Gasteiger charge is 2.28. The van der Waals surface area contributed by atoms with E-state index in [1.807, 2.05) is 17.0 Å². The van der Waals surface area contributed by atoms with Crippen molar-refractivity contribution in [2.75, 3.05) is 11.4 Å². The number of rotatable bonds is 3. The average Bonchev–Trinajstić information content (AvgIpc) is 2.38.